The van der Waals surface area contributed by atoms with Crippen molar-refractivity contribution in [2.75, 3.05) is 13.6 Å². The van der Waals surface area contributed by atoms with Gasteiger partial charge in [0.05, 0.1) is 5.92 Å². The highest BCUT2D eigenvalue weighted by molar-refractivity contribution is 5.78. The van der Waals surface area contributed by atoms with E-state index in [-0.39, 0.29) is 29.9 Å². The second-order valence-electron chi connectivity index (χ2n) is 6.01. The number of likely N-dealkylation sites (tertiary alicyclic amines) is 1. The minimum Gasteiger partial charge on any atom is -0.481 e. The minimum absolute atomic E-state index is 0.0111. The Bertz CT molecular complexity index is 418. The molecule has 1 saturated carbocycles. The number of aliphatic carboxylic acids is 1. The SMILES string of the molecule is CN1CC(NC(=O)NC2CCC(C(=O)O)CC2)CCC1=O. The lowest BCUT2D eigenvalue weighted by atomic mass is 9.86. The summed E-state index contributed by atoms with van der Waals surface area (Å²) in [4.78, 5) is 35.8. The van der Waals surface area contributed by atoms with Gasteiger partial charge in [0.25, 0.3) is 0 Å². The van der Waals surface area contributed by atoms with E-state index in [4.69, 9.17) is 5.11 Å². The summed E-state index contributed by atoms with van der Waals surface area (Å²) in [5.74, 6) is -0.905. The highest BCUT2D eigenvalue weighted by Crippen LogP contribution is 2.24. The third-order valence-corrected chi connectivity index (χ3v) is 4.37. The highest BCUT2D eigenvalue weighted by Gasteiger charge is 2.28. The average Bonchev–Trinajstić information content (AvgIpc) is 2.43. The zero-order valence-corrected chi connectivity index (χ0v) is 12.3. The van der Waals surface area contributed by atoms with E-state index in [0.717, 1.165) is 0 Å². The normalized spacial score (nSPS) is 29.9. The monoisotopic (exact) mass is 297 g/mol. The van der Waals surface area contributed by atoms with Gasteiger partial charge in [-0.3, -0.25) is 9.59 Å². The zero-order chi connectivity index (χ0) is 15.4. The molecular formula is C14H23N3O4. The van der Waals surface area contributed by atoms with Gasteiger partial charge < -0.3 is 20.6 Å². The Morgan fingerprint density at radius 3 is 2.29 bits per heavy atom. The lowest BCUT2D eigenvalue weighted by Crippen LogP contribution is -2.53. The molecule has 2 aliphatic rings. The maximum Gasteiger partial charge on any atom is 0.315 e. The molecule has 1 aliphatic heterocycles. The molecule has 0 aromatic carbocycles. The van der Waals surface area contributed by atoms with Gasteiger partial charge >= 0.3 is 12.0 Å². The summed E-state index contributed by atoms with van der Waals surface area (Å²) < 4.78 is 0. The Balaban J connectivity index is 1.71. The topological polar surface area (TPSA) is 98.7 Å². The lowest BCUT2D eigenvalue weighted by molar-refractivity contribution is -0.142. The fourth-order valence-electron chi connectivity index (χ4n) is 3.03. The average molecular weight is 297 g/mol. The first-order valence-corrected chi connectivity index (χ1v) is 7.49. The molecule has 0 bridgehead atoms. The number of hydrogen-bond acceptors (Lipinski definition) is 3. The zero-order valence-electron chi connectivity index (χ0n) is 12.3. The largest absolute Gasteiger partial charge is 0.481 e. The molecule has 0 aromatic heterocycles. The van der Waals surface area contributed by atoms with Gasteiger partial charge in [-0.05, 0) is 32.1 Å². The number of carboxylic acid groups (broad SMARTS) is 1. The molecule has 2 fully saturated rings. The van der Waals surface area contributed by atoms with Crippen molar-refractivity contribution in [3.05, 3.63) is 0 Å². The fourth-order valence-corrected chi connectivity index (χ4v) is 3.03. The molecular weight excluding hydrogens is 274 g/mol. The van der Waals surface area contributed by atoms with Crippen LogP contribution < -0.4 is 10.6 Å². The van der Waals surface area contributed by atoms with Crippen molar-refractivity contribution < 1.29 is 19.5 Å². The first kappa shape index (κ1) is 15.6. The van der Waals surface area contributed by atoms with Crippen LogP contribution in [0.3, 0.4) is 0 Å². The molecule has 2 rings (SSSR count). The molecule has 3 N–H and O–H groups in total. The second kappa shape index (κ2) is 6.78. The van der Waals surface area contributed by atoms with E-state index in [9.17, 15) is 14.4 Å². The molecule has 0 aromatic rings. The van der Waals surface area contributed by atoms with Gasteiger partial charge in [0.15, 0.2) is 0 Å². The van der Waals surface area contributed by atoms with Gasteiger partial charge in [0.1, 0.15) is 0 Å². The van der Waals surface area contributed by atoms with Crippen molar-refractivity contribution in [2.45, 2.75) is 50.6 Å². The van der Waals surface area contributed by atoms with E-state index >= 15 is 0 Å². The minimum atomic E-state index is -0.743. The van der Waals surface area contributed by atoms with Crippen LogP contribution in [-0.4, -0.2) is 53.6 Å². The van der Waals surface area contributed by atoms with E-state index < -0.39 is 5.97 Å². The summed E-state index contributed by atoms with van der Waals surface area (Å²) in [6.07, 6.45) is 3.76. The van der Waals surface area contributed by atoms with E-state index in [1.807, 2.05) is 0 Å². The summed E-state index contributed by atoms with van der Waals surface area (Å²) in [6, 6.07) is -0.187. The Morgan fingerprint density at radius 1 is 1.10 bits per heavy atom. The maximum atomic E-state index is 11.9. The molecule has 7 nitrogen and oxygen atoms in total. The number of nitrogens with one attached hydrogen (secondary N) is 2. The van der Waals surface area contributed by atoms with Crippen molar-refractivity contribution in [1.29, 1.82) is 0 Å². The molecule has 0 radical (unpaired) electrons. The van der Waals surface area contributed by atoms with Gasteiger partial charge in [0, 0.05) is 32.1 Å². The van der Waals surface area contributed by atoms with E-state index in [1.54, 1.807) is 11.9 Å². The van der Waals surface area contributed by atoms with Gasteiger partial charge in [-0.15, -0.1) is 0 Å². The van der Waals surface area contributed by atoms with Crippen molar-refractivity contribution in [3.8, 4) is 0 Å². The van der Waals surface area contributed by atoms with Crippen LogP contribution in [0.1, 0.15) is 38.5 Å². The lowest BCUT2D eigenvalue weighted by Gasteiger charge is -2.31. The van der Waals surface area contributed by atoms with Crippen molar-refractivity contribution >= 4 is 17.9 Å². The number of carbonyl (C=O) groups is 3. The molecule has 1 heterocycles. The number of carbonyl (C=O) groups excluding carboxylic acids is 2. The number of amides is 3. The van der Waals surface area contributed by atoms with Crippen molar-refractivity contribution in [1.82, 2.24) is 15.5 Å². The summed E-state index contributed by atoms with van der Waals surface area (Å²) in [5, 5.41) is 14.7. The third kappa shape index (κ3) is 4.34. The van der Waals surface area contributed by atoms with Crippen LogP contribution in [0.5, 0.6) is 0 Å². The maximum absolute atomic E-state index is 11.9. The Hall–Kier alpha value is -1.79. The molecule has 0 spiro atoms. The number of piperidine rings is 1. The predicted molar refractivity (Wildman–Crippen MR) is 75.7 cm³/mol. The summed E-state index contributed by atoms with van der Waals surface area (Å²) in [6.45, 7) is 0.540. The number of rotatable bonds is 3. The van der Waals surface area contributed by atoms with Crippen LogP contribution in [0.4, 0.5) is 4.79 Å². The number of urea groups is 1. The smallest absolute Gasteiger partial charge is 0.315 e. The number of likely N-dealkylation sites (N-methyl/N-ethyl adjacent to an activating group) is 1. The Morgan fingerprint density at radius 2 is 1.71 bits per heavy atom. The van der Waals surface area contributed by atoms with Crippen LogP contribution >= 0.6 is 0 Å². The standard InChI is InChI=1S/C14H23N3O4/c1-17-8-11(6-7-12(17)18)16-14(21)15-10-4-2-9(3-5-10)13(19)20/h9-11H,2-8H2,1H3,(H,19,20)(H2,15,16,21). The highest BCUT2D eigenvalue weighted by atomic mass is 16.4. The van der Waals surface area contributed by atoms with Gasteiger partial charge in [-0.25, -0.2) is 4.79 Å². The van der Waals surface area contributed by atoms with E-state index in [2.05, 4.69) is 10.6 Å². The molecule has 1 unspecified atom stereocenters. The van der Waals surface area contributed by atoms with Crippen LogP contribution in [0.15, 0.2) is 0 Å². The molecule has 7 heteroatoms. The quantitative estimate of drug-likeness (QED) is 0.708. The number of nitrogens with zero attached hydrogens (tertiary/aromatic N) is 1. The molecule has 1 saturated heterocycles. The molecule has 21 heavy (non-hydrogen) atoms. The number of carboxylic acids is 1. The molecule has 3 amide bonds. The molecule has 1 atom stereocenters. The summed E-state index contributed by atoms with van der Waals surface area (Å²) in [7, 11) is 1.74. The fraction of sp³-hybridized carbons (Fsp3) is 0.786. The molecule has 118 valence electrons. The summed E-state index contributed by atoms with van der Waals surface area (Å²) in [5.41, 5.74) is 0. The van der Waals surface area contributed by atoms with Crippen LogP contribution in [0.2, 0.25) is 0 Å². The van der Waals surface area contributed by atoms with Crippen molar-refractivity contribution in [2.24, 2.45) is 5.92 Å². The van der Waals surface area contributed by atoms with Crippen LogP contribution in [0.25, 0.3) is 0 Å². The first-order valence-electron chi connectivity index (χ1n) is 7.49. The van der Waals surface area contributed by atoms with Gasteiger partial charge in [0.2, 0.25) is 5.91 Å². The van der Waals surface area contributed by atoms with E-state index in [0.29, 0.717) is 45.1 Å². The number of hydrogen-bond donors (Lipinski definition) is 3. The van der Waals surface area contributed by atoms with E-state index in [1.165, 1.54) is 0 Å². The Labute approximate surface area is 124 Å². The van der Waals surface area contributed by atoms with Crippen molar-refractivity contribution in [3.63, 3.8) is 0 Å². The van der Waals surface area contributed by atoms with Gasteiger partial charge in [-0.1, -0.05) is 0 Å². The van der Waals surface area contributed by atoms with Gasteiger partial charge in [-0.2, -0.15) is 0 Å². The predicted octanol–water partition coefficient (Wildman–Crippen LogP) is 0.550. The van der Waals surface area contributed by atoms with Crippen LogP contribution in [-0.2, 0) is 9.59 Å². The first-order chi connectivity index (χ1) is 9.95. The second-order valence-corrected chi connectivity index (χ2v) is 6.01. The third-order valence-electron chi connectivity index (χ3n) is 4.37. The summed E-state index contributed by atoms with van der Waals surface area (Å²) >= 11 is 0. The molecule has 1 aliphatic carbocycles. The Kier molecular flexibility index (Phi) is 5.03. The van der Waals surface area contributed by atoms with Crippen LogP contribution in [0, 0.1) is 5.92 Å².